The molecule has 0 unspecified atom stereocenters. The summed E-state index contributed by atoms with van der Waals surface area (Å²) in [6.45, 7) is 1.87. The molecule has 24 heavy (non-hydrogen) atoms. The number of aromatic nitrogens is 4. The van der Waals surface area contributed by atoms with Gasteiger partial charge in [-0.2, -0.15) is 8.75 Å². The Labute approximate surface area is 142 Å². The number of anilines is 2. The van der Waals surface area contributed by atoms with Crippen molar-refractivity contribution in [1.82, 2.24) is 18.7 Å². The van der Waals surface area contributed by atoms with Crippen LogP contribution in [0.1, 0.15) is 12.8 Å². The number of hydrogen-bond donors (Lipinski definition) is 1. The van der Waals surface area contributed by atoms with E-state index in [1.165, 1.54) is 18.5 Å². The number of benzene rings is 1. The monoisotopic (exact) mass is 362 g/mol. The Hall–Kier alpha value is -2.33. The minimum absolute atomic E-state index is 0.0948. The third-order valence-corrected chi connectivity index (χ3v) is 5.77. The van der Waals surface area contributed by atoms with E-state index in [1.54, 1.807) is 12.1 Å². The van der Waals surface area contributed by atoms with Crippen molar-refractivity contribution >= 4 is 44.4 Å². The second kappa shape index (κ2) is 5.95. The molecule has 3 heterocycles. The largest absolute Gasteiger partial charge is 0.341 e. The summed E-state index contributed by atoms with van der Waals surface area (Å²) in [6.07, 6.45) is 5.22. The lowest BCUT2D eigenvalue weighted by atomic mass is 10.3. The highest BCUT2D eigenvalue weighted by molar-refractivity contribution is 7.93. The van der Waals surface area contributed by atoms with Crippen molar-refractivity contribution in [1.29, 1.82) is 0 Å². The molecule has 10 heteroatoms. The molecule has 0 atom stereocenters. The topological polar surface area (TPSA) is 101 Å². The van der Waals surface area contributed by atoms with Gasteiger partial charge >= 0.3 is 0 Å². The molecule has 0 aliphatic carbocycles. The molecule has 0 radical (unpaired) electrons. The van der Waals surface area contributed by atoms with Crippen LogP contribution < -0.4 is 9.62 Å². The lowest BCUT2D eigenvalue weighted by Gasteiger charge is -2.15. The Morgan fingerprint density at radius 3 is 2.58 bits per heavy atom. The van der Waals surface area contributed by atoms with Crippen LogP contribution >= 0.6 is 11.7 Å². The van der Waals surface area contributed by atoms with Gasteiger partial charge in [0.1, 0.15) is 15.9 Å². The Balaban J connectivity index is 1.60. The van der Waals surface area contributed by atoms with Gasteiger partial charge in [0.05, 0.1) is 29.8 Å². The fraction of sp³-hybridized carbons (Fsp3) is 0.286. The van der Waals surface area contributed by atoms with E-state index in [1.807, 2.05) is 0 Å². The Bertz CT molecular complexity index is 964. The van der Waals surface area contributed by atoms with Crippen molar-refractivity contribution in [3.8, 4) is 0 Å². The molecule has 1 aliphatic rings. The third-order valence-electron chi connectivity index (χ3n) is 3.82. The van der Waals surface area contributed by atoms with E-state index in [4.69, 9.17) is 0 Å². The van der Waals surface area contributed by atoms with Crippen LogP contribution in [0.25, 0.3) is 11.0 Å². The highest BCUT2D eigenvalue weighted by Gasteiger charge is 2.20. The first-order valence-electron chi connectivity index (χ1n) is 7.44. The van der Waals surface area contributed by atoms with Crippen molar-refractivity contribution < 1.29 is 8.42 Å². The highest BCUT2D eigenvalue weighted by atomic mass is 32.2. The third kappa shape index (κ3) is 2.78. The first-order valence-corrected chi connectivity index (χ1v) is 9.66. The van der Waals surface area contributed by atoms with E-state index < -0.39 is 10.0 Å². The molecule has 0 saturated carbocycles. The maximum Gasteiger partial charge on any atom is 0.264 e. The number of hydrogen-bond acceptors (Lipinski definition) is 8. The van der Waals surface area contributed by atoms with Crippen molar-refractivity contribution in [3.05, 3.63) is 30.6 Å². The Morgan fingerprint density at radius 2 is 1.83 bits per heavy atom. The maximum atomic E-state index is 12.6. The van der Waals surface area contributed by atoms with Crippen LogP contribution in [0.5, 0.6) is 0 Å². The molecule has 0 amide bonds. The van der Waals surface area contributed by atoms with Crippen LogP contribution in [0, 0.1) is 0 Å². The SMILES string of the molecule is O=S(=O)(Nc1cnc(N2CCCC2)nc1)c1cccc2nsnc12. The molecular formula is C14H14N6O2S2. The maximum absolute atomic E-state index is 12.6. The van der Waals surface area contributed by atoms with Gasteiger partial charge in [-0.3, -0.25) is 4.72 Å². The van der Waals surface area contributed by atoms with E-state index in [0.717, 1.165) is 37.7 Å². The van der Waals surface area contributed by atoms with Crippen LogP contribution in [0.3, 0.4) is 0 Å². The fourth-order valence-corrected chi connectivity index (χ4v) is 4.46. The van der Waals surface area contributed by atoms with Gasteiger partial charge < -0.3 is 4.90 Å². The molecule has 1 aromatic carbocycles. The van der Waals surface area contributed by atoms with Gasteiger partial charge in [-0.05, 0) is 25.0 Å². The van der Waals surface area contributed by atoms with Crippen molar-refractivity contribution in [3.63, 3.8) is 0 Å². The zero-order chi connectivity index (χ0) is 16.6. The number of nitrogens with zero attached hydrogens (tertiary/aromatic N) is 5. The van der Waals surface area contributed by atoms with Crippen LogP contribution in [0.15, 0.2) is 35.5 Å². The lowest BCUT2D eigenvalue weighted by molar-refractivity contribution is 0.602. The normalized spacial score (nSPS) is 15.1. The minimum Gasteiger partial charge on any atom is -0.341 e. The average Bonchev–Trinajstić information content (AvgIpc) is 3.26. The quantitative estimate of drug-likeness (QED) is 0.756. The minimum atomic E-state index is -3.78. The zero-order valence-corrected chi connectivity index (χ0v) is 14.2. The molecule has 1 aliphatic heterocycles. The van der Waals surface area contributed by atoms with E-state index in [-0.39, 0.29) is 4.90 Å². The zero-order valence-electron chi connectivity index (χ0n) is 12.6. The van der Waals surface area contributed by atoms with Crippen LogP contribution in [-0.4, -0.2) is 40.2 Å². The first-order chi connectivity index (χ1) is 11.6. The first kappa shape index (κ1) is 15.2. The second-order valence-electron chi connectivity index (χ2n) is 5.46. The van der Waals surface area contributed by atoms with Crippen molar-refractivity contribution in [2.24, 2.45) is 0 Å². The molecule has 124 valence electrons. The van der Waals surface area contributed by atoms with Gasteiger partial charge in [-0.1, -0.05) is 6.07 Å². The van der Waals surface area contributed by atoms with Crippen LogP contribution in [0.2, 0.25) is 0 Å². The average molecular weight is 362 g/mol. The summed E-state index contributed by atoms with van der Waals surface area (Å²) in [5.41, 5.74) is 1.24. The number of nitrogens with one attached hydrogen (secondary N) is 1. The van der Waals surface area contributed by atoms with E-state index >= 15 is 0 Å². The van der Waals surface area contributed by atoms with Crippen LogP contribution in [-0.2, 0) is 10.0 Å². The fourth-order valence-electron chi connectivity index (χ4n) is 2.66. The molecule has 3 aromatic rings. The Kier molecular flexibility index (Phi) is 3.77. The van der Waals surface area contributed by atoms with Gasteiger partial charge in [-0.25, -0.2) is 18.4 Å². The number of rotatable bonds is 4. The predicted molar refractivity (Wildman–Crippen MR) is 91.7 cm³/mol. The molecular weight excluding hydrogens is 348 g/mol. The summed E-state index contributed by atoms with van der Waals surface area (Å²) in [5.74, 6) is 0.626. The molecule has 0 bridgehead atoms. The van der Waals surface area contributed by atoms with E-state index in [0.29, 0.717) is 22.7 Å². The molecule has 1 saturated heterocycles. The summed E-state index contributed by atoms with van der Waals surface area (Å²) in [4.78, 5) is 10.7. The van der Waals surface area contributed by atoms with Gasteiger partial charge in [0, 0.05) is 13.1 Å². The standard InChI is InChI=1S/C14H14N6O2S2/c21-24(22,12-5-3-4-11-13(12)18-23-17-11)19-10-8-15-14(16-9-10)20-6-1-2-7-20/h3-5,8-9,19H,1-2,6-7H2. The molecule has 0 spiro atoms. The summed E-state index contributed by atoms with van der Waals surface area (Å²) < 4.78 is 35.9. The van der Waals surface area contributed by atoms with E-state index in [2.05, 4.69) is 28.3 Å². The van der Waals surface area contributed by atoms with Gasteiger partial charge in [0.25, 0.3) is 10.0 Å². The second-order valence-corrected chi connectivity index (χ2v) is 7.64. The van der Waals surface area contributed by atoms with Gasteiger partial charge in [0.15, 0.2) is 0 Å². The summed E-state index contributed by atoms with van der Waals surface area (Å²) in [6, 6.07) is 4.88. The highest BCUT2D eigenvalue weighted by Crippen LogP contribution is 2.23. The van der Waals surface area contributed by atoms with Gasteiger partial charge in [-0.15, -0.1) is 0 Å². The van der Waals surface area contributed by atoms with E-state index in [9.17, 15) is 8.42 Å². The van der Waals surface area contributed by atoms with Gasteiger partial charge in [0.2, 0.25) is 5.95 Å². The molecule has 1 fully saturated rings. The molecule has 8 nitrogen and oxygen atoms in total. The molecule has 1 N–H and O–H groups in total. The number of fused-ring (bicyclic) bond motifs is 1. The van der Waals surface area contributed by atoms with Crippen molar-refractivity contribution in [2.75, 3.05) is 22.7 Å². The van der Waals surface area contributed by atoms with Crippen LogP contribution in [0.4, 0.5) is 11.6 Å². The van der Waals surface area contributed by atoms with Crippen molar-refractivity contribution in [2.45, 2.75) is 17.7 Å². The summed E-state index contributed by atoms with van der Waals surface area (Å²) in [7, 11) is -3.78. The number of sulfonamides is 1. The summed E-state index contributed by atoms with van der Waals surface area (Å²) in [5, 5.41) is 0. The predicted octanol–water partition coefficient (Wildman–Crippen LogP) is 1.88. The smallest absolute Gasteiger partial charge is 0.264 e. The lowest BCUT2D eigenvalue weighted by Crippen LogP contribution is -2.20. The molecule has 4 rings (SSSR count). The molecule has 2 aromatic heterocycles. The summed E-state index contributed by atoms with van der Waals surface area (Å²) >= 11 is 0.983. The Morgan fingerprint density at radius 1 is 1.08 bits per heavy atom.